The van der Waals surface area contributed by atoms with Gasteiger partial charge in [0.05, 0.1) is 16.7 Å². The van der Waals surface area contributed by atoms with Gasteiger partial charge in [-0.2, -0.15) is 5.26 Å². The van der Waals surface area contributed by atoms with E-state index in [1.807, 2.05) is 6.21 Å². The molecule has 2 unspecified atom stereocenters. The second-order valence-electron chi connectivity index (χ2n) is 8.07. The Hall–Kier alpha value is -1.71. The molecule has 2 atom stereocenters. The molecule has 0 saturated heterocycles. The topological polar surface area (TPSA) is 66.9 Å². The van der Waals surface area contributed by atoms with Gasteiger partial charge in [-0.15, -0.1) is 0 Å². The van der Waals surface area contributed by atoms with Crippen molar-refractivity contribution in [2.45, 2.75) is 57.9 Å². The van der Waals surface area contributed by atoms with Gasteiger partial charge in [0.15, 0.2) is 4.73 Å². The van der Waals surface area contributed by atoms with Crippen LogP contribution in [0.25, 0.3) is 11.0 Å². The van der Waals surface area contributed by atoms with Crippen molar-refractivity contribution in [2.24, 2.45) is 16.8 Å². The average Bonchev–Trinajstić information content (AvgIpc) is 3.02. The fourth-order valence-electron chi connectivity index (χ4n) is 4.50. The molecule has 1 aliphatic heterocycles. The number of hydrogen-bond donors (Lipinski definition) is 0. The molecule has 2 aliphatic rings. The first-order valence-corrected chi connectivity index (χ1v) is 11.0. The first-order chi connectivity index (χ1) is 13.5. The largest absolute Gasteiger partial charge is 0.314 e. The summed E-state index contributed by atoms with van der Waals surface area (Å²) in [6.07, 6.45) is 9.19. The van der Waals surface area contributed by atoms with Gasteiger partial charge < -0.3 is 4.57 Å². The van der Waals surface area contributed by atoms with Crippen LogP contribution in [0.1, 0.15) is 69.3 Å². The maximum absolute atomic E-state index is 9.46. The summed E-state index contributed by atoms with van der Waals surface area (Å²) >= 11 is 9.93. The number of allylic oxidation sites excluding steroid dienone is 1. The lowest BCUT2D eigenvalue weighted by Crippen LogP contribution is -2.23. The van der Waals surface area contributed by atoms with Gasteiger partial charge in [0.2, 0.25) is 0 Å². The molecule has 1 fully saturated rings. The molecule has 0 N–H and O–H groups in total. The van der Waals surface area contributed by atoms with Crippen LogP contribution in [-0.2, 0) is 0 Å². The van der Waals surface area contributed by atoms with Gasteiger partial charge in [-0.1, -0.05) is 31.4 Å². The Morgan fingerprint density at radius 3 is 2.71 bits per heavy atom. The molecule has 4 rings (SSSR count). The number of hydrogen-bond acceptors (Lipinski definition) is 4. The van der Waals surface area contributed by atoms with Crippen LogP contribution >= 0.6 is 27.5 Å². The molecule has 0 aromatic carbocycles. The lowest BCUT2D eigenvalue weighted by Gasteiger charge is -2.32. The molecule has 7 heteroatoms. The minimum Gasteiger partial charge on any atom is -0.314 e. The molecule has 0 radical (unpaired) electrons. The summed E-state index contributed by atoms with van der Waals surface area (Å²) in [6, 6.07) is 4.24. The van der Waals surface area contributed by atoms with E-state index in [0.717, 1.165) is 27.4 Å². The molecular formula is C21H23BrClN5. The van der Waals surface area contributed by atoms with Gasteiger partial charge in [-0.25, -0.2) is 9.97 Å². The predicted octanol–water partition coefficient (Wildman–Crippen LogP) is 6.09. The summed E-state index contributed by atoms with van der Waals surface area (Å²) in [5, 5.41) is 10.2. The molecule has 3 heterocycles. The van der Waals surface area contributed by atoms with Crippen LogP contribution in [0.15, 0.2) is 27.0 Å². The van der Waals surface area contributed by atoms with Crippen molar-refractivity contribution in [1.82, 2.24) is 14.5 Å². The first kappa shape index (κ1) is 19.6. The molecule has 28 heavy (non-hydrogen) atoms. The minimum absolute atomic E-state index is 0.0609. The third kappa shape index (κ3) is 3.62. The molecule has 5 nitrogen and oxygen atoms in total. The van der Waals surface area contributed by atoms with Crippen LogP contribution < -0.4 is 0 Å². The van der Waals surface area contributed by atoms with Crippen molar-refractivity contribution < 1.29 is 0 Å². The number of nitriles is 1. The highest BCUT2D eigenvalue weighted by Gasteiger charge is 2.30. The van der Waals surface area contributed by atoms with Crippen molar-refractivity contribution in [1.29, 1.82) is 5.26 Å². The van der Waals surface area contributed by atoms with E-state index in [0.29, 0.717) is 29.1 Å². The Balaban J connectivity index is 1.83. The van der Waals surface area contributed by atoms with Crippen molar-refractivity contribution in [3.8, 4) is 6.07 Å². The molecule has 2 aromatic rings. The summed E-state index contributed by atoms with van der Waals surface area (Å²) in [5.74, 6) is 1.36. The Bertz CT molecular complexity index is 994. The van der Waals surface area contributed by atoms with Crippen LogP contribution in [-0.4, -0.2) is 20.7 Å². The monoisotopic (exact) mass is 459 g/mol. The zero-order valence-corrected chi connectivity index (χ0v) is 18.4. The maximum atomic E-state index is 9.46. The van der Waals surface area contributed by atoms with Crippen LogP contribution in [0.2, 0.25) is 0 Å². The summed E-state index contributed by atoms with van der Waals surface area (Å²) in [4.78, 5) is 13.7. The van der Waals surface area contributed by atoms with E-state index in [1.165, 1.54) is 25.7 Å². The fraction of sp³-hybridized carbons (Fsp3) is 0.524. The Kier molecular flexibility index (Phi) is 5.57. The predicted molar refractivity (Wildman–Crippen MR) is 116 cm³/mol. The molecule has 0 bridgehead atoms. The number of nitrogens with zero attached hydrogens (tertiary/aromatic N) is 5. The Labute approximate surface area is 178 Å². The normalized spacial score (nSPS) is 26.1. The standard InChI is InChI=1S/C21H23BrClN5/c1-12-3-5-14(6-4-12)13(2)28-20-18(27-21(28)22)8-17(9-24)26-19(20)15-7-16(23)11-25-10-15/h8,10-15H,3-7H2,1-2H3. The zero-order valence-electron chi connectivity index (χ0n) is 16.1. The molecule has 2 aromatic heterocycles. The highest BCUT2D eigenvalue weighted by Crippen LogP contribution is 2.40. The Morgan fingerprint density at radius 2 is 2.04 bits per heavy atom. The third-order valence-corrected chi connectivity index (χ3v) is 6.97. The van der Waals surface area contributed by atoms with Crippen molar-refractivity contribution in [3.05, 3.63) is 33.4 Å². The van der Waals surface area contributed by atoms with Crippen LogP contribution in [0.5, 0.6) is 0 Å². The molecule has 1 aliphatic carbocycles. The molecule has 0 amide bonds. The zero-order chi connectivity index (χ0) is 19.8. The number of aromatic nitrogens is 3. The van der Waals surface area contributed by atoms with Gasteiger partial charge in [-0.05, 0) is 54.0 Å². The lowest BCUT2D eigenvalue weighted by atomic mass is 9.79. The maximum Gasteiger partial charge on any atom is 0.178 e. The summed E-state index contributed by atoms with van der Waals surface area (Å²) < 4.78 is 3.06. The second-order valence-corrected chi connectivity index (χ2v) is 9.26. The number of halogens is 2. The highest BCUT2D eigenvalue weighted by molar-refractivity contribution is 9.10. The van der Waals surface area contributed by atoms with Gasteiger partial charge in [0, 0.05) is 35.5 Å². The molecule has 0 spiro atoms. The van der Waals surface area contributed by atoms with E-state index in [4.69, 9.17) is 16.6 Å². The van der Waals surface area contributed by atoms with E-state index < -0.39 is 0 Å². The van der Waals surface area contributed by atoms with Crippen molar-refractivity contribution in [2.75, 3.05) is 0 Å². The van der Waals surface area contributed by atoms with Crippen molar-refractivity contribution in [3.63, 3.8) is 0 Å². The fourth-order valence-corrected chi connectivity index (χ4v) is 5.41. The van der Waals surface area contributed by atoms with Gasteiger partial charge in [0.1, 0.15) is 11.8 Å². The summed E-state index contributed by atoms with van der Waals surface area (Å²) in [7, 11) is 0. The third-order valence-electron chi connectivity index (χ3n) is 6.16. The summed E-state index contributed by atoms with van der Waals surface area (Å²) in [6.45, 7) is 4.62. The average molecular weight is 461 g/mol. The number of pyridine rings is 1. The van der Waals surface area contributed by atoms with E-state index in [1.54, 1.807) is 12.3 Å². The minimum atomic E-state index is -0.0609. The Morgan fingerprint density at radius 1 is 1.29 bits per heavy atom. The smallest absolute Gasteiger partial charge is 0.178 e. The molecule has 1 saturated carbocycles. The summed E-state index contributed by atoms with van der Waals surface area (Å²) in [5.41, 5.74) is 2.99. The van der Waals surface area contributed by atoms with Gasteiger partial charge >= 0.3 is 0 Å². The van der Waals surface area contributed by atoms with E-state index in [-0.39, 0.29) is 5.92 Å². The van der Waals surface area contributed by atoms with Crippen molar-refractivity contribution >= 4 is 44.8 Å². The number of aliphatic imine (C=N–C) groups is 1. The number of fused-ring (bicyclic) bond motifs is 1. The first-order valence-electron chi connectivity index (χ1n) is 9.84. The lowest BCUT2D eigenvalue weighted by molar-refractivity contribution is 0.226. The van der Waals surface area contributed by atoms with Gasteiger partial charge in [0.25, 0.3) is 0 Å². The molecular weight excluding hydrogens is 438 g/mol. The van der Waals surface area contributed by atoms with Crippen LogP contribution in [0.4, 0.5) is 0 Å². The van der Waals surface area contributed by atoms with E-state index in [2.05, 4.69) is 50.4 Å². The van der Waals surface area contributed by atoms with Crippen LogP contribution in [0.3, 0.4) is 0 Å². The second kappa shape index (κ2) is 7.96. The van der Waals surface area contributed by atoms with E-state index >= 15 is 0 Å². The highest BCUT2D eigenvalue weighted by atomic mass is 79.9. The van der Waals surface area contributed by atoms with Crippen LogP contribution in [0, 0.1) is 23.2 Å². The van der Waals surface area contributed by atoms with Gasteiger partial charge in [-0.3, -0.25) is 4.99 Å². The van der Waals surface area contributed by atoms with E-state index in [9.17, 15) is 5.26 Å². The SMILES string of the molecule is CC1CCC(C(C)n2c(Br)nc3cc(C#N)nc(C4C=NC=C(Cl)C4)c32)CC1. The molecule has 146 valence electrons. The number of rotatable bonds is 3. The quantitative estimate of drug-likeness (QED) is 0.556. The number of imidazole rings is 1.